The Bertz CT molecular complexity index is 175. The van der Waals surface area contributed by atoms with Crippen molar-refractivity contribution < 1.29 is 5.11 Å². The Balaban J connectivity index is 2.31. The van der Waals surface area contributed by atoms with E-state index in [1.165, 1.54) is 0 Å². The molecule has 0 bridgehead atoms. The average molecular weight is 167 g/mol. The van der Waals surface area contributed by atoms with Crippen LogP contribution in [-0.2, 0) is 0 Å². The summed E-state index contributed by atoms with van der Waals surface area (Å²) in [6.07, 6.45) is 9.73. The van der Waals surface area contributed by atoms with Crippen molar-refractivity contribution >= 4 is 0 Å². The highest BCUT2D eigenvalue weighted by Gasteiger charge is 2.16. The Morgan fingerprint density at radius 1 is 1.42 bits per heavy atom. The maximum absolute atomic E-state index is 9.34. The van der Waals surface area contributed by atoms with Gasteiger partial charge in [0.1, 0.15) is 0 Å². The molecule has 1 rings (SSSR count). The minimum atomic E-state index is -0.119. The molecule has 1 saturated heterocycles. The van der Waals surface area contributed by atoms with Gasteiger partial charge in [-0.3, -0.25) is 0 Å². The van der Waals surface area contributed by atoms with Crippen LogP contribution in [0.2, 0.25) is 0 Å². The van der Waals surface area contributed by atoms with Gasteiger partial charge in [-0.1, -0.05) is 24.3 Å². The van der Waals surface area contributed by atoms with Crippen LogP contribution < -0.4 is 5.32 Å². The normalized spacial score (nSPS) is 31.8. The highest BCUT2D eigenvalue weighted by atomic mass is 16.3. The highest BCUT2D eigenvalue weighted by Crippen LogP contribution is 2.08. The summed E-state index contributed by atoms with van der Waals surface area (Å²) in [6, 6.07) is 0.352. The molecular weight excluding hydrogens is 150 g/mol. The number of hydrogen-bond donors (Lipinski definition) is 2. The van der Waals surface area contributed by atoms with Gasteiger partial charge in [0.2, 0.25) is 0 Å². The van der Waals surface area contributed by atoms with Gasteiger partial charge >= 0.3 is 0 Å². The Labute approximate surface area is 74.0 Å². The first kappa shape index (κ1) is 9.49. The van der Waals surface area contributed by atoms with Gasteiger partial charge in [-0.25, -0.2) is 0 Å². The third-order valence-electron chi connectivity index (χ3n) is 2.06. The van der Waals surface area contributed by atoms with Crippen molar-refractivity contribution in [1.82, 2.24) is 5.32 Å². The molecule has 0 aliphatic carbocycles. The zero-order valence-corrected chi connectivity index (χ0v) is 7.53. The van der Waals surface area contributed by atoms with E-state index in [-0.39, 0.29) is 6.10 Å². The van der Waals surface area contributed by atoms with Gasteiger partial charge in [-0.15, -0.1) is 0 Å². The second kappa shape index (κ2) is 5.12. The number of allylic oxidation sites excluding steroid dienone is 3. The lowest BCUT2D eigenvalue weighted by atomic mass is 10.0. The largest absolute Gasteiger partial charge is 0.393 e. The molecule has 1 aliphatic heterocycles. The fraction of sp³-hybridized carbons (Fsp3) is 0.600. The second-order valence-corrected chi connectivity index (χ2v) is 3.15. The van der Waals surface area contributed by atoms with Crippen molar-refractivity contribution in [2.45, 2.75) is 31.9 Å². The molecule has 1 aliphatic rings. The van der Waals surface area contributed by atoms with E-state index in [9.17, 15) is 5.11 Å². The van der Waals surface area contributed by atoms with Crippen LogP contribution in [0.5, 0.6) is 0 Å². The third kappa shape index (κ3) is 3.20. The van der Waals surface area contributed by atoms with Gasteiger partial charge < -0.3 is 10.4 Å². The zero-order valence-electron chi connectivity index (χ0n) is 7.53. The van der Waals surface area contributed by atoms with Crippen molar-refractivity contribution in [1.29, 1.82) is 0 Å². The van der Waals surface area contributed by atoms with Gasteiger partial charge in [0.25, 0.3) is 0 Å². The molecular formula is C10H17NO. The van der Waals surface area contributed by atoms with E-state index in [2.05, 4.69) is 11.4 Å². The predicted molar refractivity (Wildman–Crippen MR) is 51.0 cm³/mol. The Kier molecular flexibility index (Phi) is 4.05. The van der Waals surface area contributed by atoms with Gasteiger partial charge in [0.15, 0.2) is 0 Å². The topological polar surface area (TPSA) is 32.3 Å². The number of nitrogens with one attached hydrogen (secondary N) is 1. The number of piperidine rings is 1. The smallest absolute Gasteiger partial charge is 0.0570 e. The first-order chi connectivity index (χ1) is 5.83. The maximum atomic E-state index is 9.34. The Morgan fingerprint density at radius 2 is 2.25 bits per heavy atom. The van der Waals surface area contributed by atoms with E-state index in [1.54, 1.807) is 0 Å². The van der Waals surface area contributed by atoms with Crippen molar-refractivity contribution in [3.63, 3.8) is 0 Å². The fourth-order valence-electron chi connectivity index (χ4n) is 1.39. The number of rotatable bonds is 2. The lowest BCUT2D eigenvalue weighted by molar-refractivity contribution is 0.125. The summed E-state index contributed by atoms with van der Waals surface area (Å²) in [5.74, 6) is 0. The summed E-state index contributed by atoms with van der Waals surface area (Å²) in [6.45, 7) is 2.92. The minimum absolute atomic E-state index is 0.119. The van der Waals surface area contributed by atoms with Crippen LogP contribution in [0.4, 0.5) is 0 Å². The van der Waals surface area contributed by atoms with Crippen LogP contribution in [-0.4, -0.2) is 23.8 Å². The van der Waals surface area contributed by atoms with Gasteiger partial charge in [0.05, 0.1) is 6.10 Å². The number of aliphatic hydroxyl groups excluding tert-OH is 1. The highest BCUT2D eigenvalue weighted by molar-refractivity contribution is 5.06. The van der Waals surface area contributed by atoms with E-state index in [1.807, 2.05) is 25.2 Å². The van der Waals surface area contributed by atoms with Crippen LogP contribution in [0.25, 0.3) is 0 Å². The number of aliphatic hydroxyl groups is 1. The summed E-state index contributed by atoms with van der Waals surface area (Å²) in [7, 11) is 0. The first-order valence-corrected chi connectivity index (χ1v) is 4.54. The molecule has 68 valence electrons. The summed E-state index contributed by atoms with van der Waals surface area (Å²) in [5.41, 5.74) is 0. The van der Waals surface area contributed by atoms with E-state index >= 15 is 0 Å². The van der Waals surface area contributed by atoms with E-state index in [0.29, 0.717) is 6.04 Å². The van der Waals surface area contributed by atoms with Crippen molar-refractivity contribution in [3.8, 4) is 0 Å². The molecule has 0 aromatic heterocycles. The predicted octanol–water partition coefficient (Wildman–Crippen LogP) is 1.23. The van der Waals surface area contributed by atoms with Gasteiger partial charge in [-0.05, 0) is 26.3 Å². The molecule has 12 heavy (non-hydrogen) atoms. The summed E-state index contributed by atoms with van der Waals surface area (Å²) in [4.78, 5) is 0. The molecule has 0 spiro atoms. The molecule has 2 nitrogen and oxygen atoms in total. The molecule has 1 heterocycles. The fourth-order valence-corrected chi connectivity index (χ4v) is 1.39. The van der Waals surface area contributed by atoms with E-state index in [4.69, 9.17) is 0 Å². The molecule has 1 fully saturated rings. The third-order valence-corrected chi connectivity index (χ3v) is 2.06. The number of hydrogen-bond acceptors (Lipinski definition) is 2. The standard InChI is InChI=1S/C10H17NO/c1-2-3-4-5-9-8-10(12)6-7-11-9/h2-5,9-12H,6-8H2,1H3/b3-2+,5-4+/t9-,10+/m0/s1. The molecule has 0 aromatic carbocycles. The van der Waals surface area contributed by atoms with Crippen molar-refractivity contribution in [2.75, 3.05) is 6.54 Å². The summed E-state index contributed by atoms with van der Waals surface area (Å²) < 4.78 is 0. The Hall–Kier alpha value is -0.600. The monoisotopic (exact) mass is 167 g/mol. The lowest BCUT2D eigenvalue weighted by Gasteiger charge is -2.24. The molecule has 0 unspecified atom stereocenters. The second-order valence-electron chi connectivity index (χ2n) is 3.15. The lowest BCUT2D eigenvalue weighted by Crippen LogP contribution is -2.38. The zero-order chi connectivity index (χ0) is 8.81. The van der Waals surface area contributed by atoms with Crippen LogP contribution >= 0.6 is 0 Å². The van der Waals surface area contributed by atoms with E-state index < -0.39 is 0 Å². The maximum Gasteiger partial charge on any atom is 0.0570 e. The molecule has 2 heteroatoms. The van der Waals surface area contributed by atoms with Crippen LogP contribution in [0.3, 0.4) is 0 Å². The molecule has 0 amide bonds. The molecule has 0 radical (unpaired) electrons. The van der Waals surface area contributed by atoms with Gasteiger partial charge in [0, 0.05) is 6.04 Å². The minimum Gasteiger partial charge on any atom is -0.393 e. The van der Waals surface area contributed by atoms with Crippen LogP contribution in [0.1, 0.15) is 19.8 Å². The first-order valence-electron chi connectivity index (χ1n) is 4.54. The quantitative estimate of drug-likeness (QED) is 0.606. The SMILES string of the molecule is C/C=C/C=C/[C@H]1C[C@H](O)CCN1. The van der Waals surface area contributed by atoms with Crippen LogP contribution in [0.15, 0.2) is 24.3 Å². The van der Waals surface area contributed by atoms with Crippen LogP contribution in [0, 0.1) is 0 Å². The summed E-state index contributed by atoms with van der Waals surface area (Å²) in [5, 5.41) is 12.7. The van der Waals surface area contributed by atoms with Crippen molar-refractivity contribution in [3.05, 3.63) is 24.3 Å². The molecule has 2 atom stereocenters. The van der Waals surface area contributed by atoms with E-state index in [0.717, 1.165) is 19.4 Å². The van der Waals surface area contributed by atoms with Gasteiger partial charge in [-0.2, -0.15) is 0 Å². The Morgan fingerprint density at radius 3 is 2.92 bits per heavy atom. The molecule has 0 saturated carbocycles. The van der Waals surface area contributed by atoms with Crippen molar-refractivity contribution in [2.24, 2.45) is 0 Å². The average Bonchev–Trinajstić information content (AvgIpc) is 2.05. The molecule has 2 N–H and O–H groups in total. The summed E-state index contributed by atoms with van der Waals surface area (Å²) >= 11 is 0. The molecule has 0 aromatic rings.